The molecule has 104 valence electrons. The number of carbonyl (C=O) groups is 2. The average Bonchev–Trinajstić information content (AvgIpc) is 2.39. The van der Waals surface area contributed by atoms with Crippen molar-refractivity contribution in [3.05, 3.63) is 29.8 Å². The highest BCUT2D eigenvalue weighted by atomic mass is 16.5. The summed E-state index contributed by atoms with van der Waals surface area (Å²) in [6.07, 6.45) is 1.14. The number of nitrogens with one attached hydrogen (secondary N) is 2. The zero-order chi connectivity index (χ0) is 14.1. The van der Waals surface area contributed by atoms with Crippen molar-refractivity contribution < 1.29 is 14.3 Å². The molecule has 1 rings (SSSR count). The predicted octanol–water partition coefficient (Wildman–Crippen LogP) is 1.69. The molecule has 0 saturated carbocycles. The van der Waals surface area contributed by atoms with E-state index in [4.69, 9.17) is 0 Å². The van der Waals surface area contributed by atoms with Gasteiger partial charge in [0.05, 0.1) is 7.11 Å². The van der Waals surface area contributed by atoms with Crippen molar-refractivity contribution in [2.24, 2.45) is 0 Å². The number of ether oxygens (including phenoxy) is 1. The molecule has 5 nitrogen and oxygen atoms in total. The normalized spacial score (nSPS) is 10.0. The number of rotatable bonds is 7. The molecule has 2 N–H and O–H groups in total. The van der Waals surface area contributed by atoms with Crippen LogP contribution in [-0.4, -0.2) is 25.5 Å². The molecule has 0 atom stereocenters. The lowest BCUT2D eigenvalue weighted by molar-refractivity contribution is -0.140. The van der Waals surface area contributed by atoms with Crippen LogP contribution in [-0.2, 0) is 20.9 Å². The molecule has 0 aromatic heterocycles. The molecule has 0 bridgehead atoms. The second kappa shape index (κ2) is 8.26. The van der Waals surface area contributed by atoms with Crippen LogP contribution in [0.3, 0.4) is 0 Å². The van der Waals surface area contributed by atoms with Crippen LogP contribution >= 0.6 is 0 Å². The molecule has 1 aromatic rings. The third-order valence-electron chi connectivity index (χ3n) is 2.61. The quantitative estimate of drug-likeness (QED) is 0.581. The molecule has 0 saturated heterocycles. The van der Waals surface area contributed by atoms with Crippen LogP contribution < -0.4 is 10.6 Å². The maximum Gasteiger partial charge on any atom is 0.305 e. The molecule has 0 unspecified atom stereocenters. The maximum atomic E-state index is 11.1. The summed E-state index contributed by atoms with van der Waals surface area (Å²) in [5.41, 5.74) is 1.84. The molecule has 0 spiro atoms. The first-order valence-electron chi connectivity index (χ1n) is 6.26. The molecule has 19 heavy (non-hydrogen) atoms. The minimum absolute atomic E-state index is 0.0851. The number of carbonyl (C=O) groups excluding carboxylic acids is 2. The molecule has 5 heteroatoms. The van der Waals surface area contributed by atoms with Crippen molar-refractivity contribution >= 4 is 17.6 Å². The van der Waals surface area contributed by atoms with Gasteiger partial charge in [0.1, 0.15) is 0 Å². The molecule has 0 aliphatic carbocycles. The van der Waals surface area contributed by atoms with Gasteiger partial charge in [-0.25, -0.2) is 0 Å². The number of hydrogen-bond acceptors (Lipinski definition) is 4. The van der Waals surface area contributed by atoms with Gasteiger partial charge in [-0.3, -0.25) is 9.59 Å². The Labute approximate surface area is 113 Å². The van der Waals surface area contributed by atoms with E-state index in [2.05, 4.69) is 15.4 Å². The maximum absolute atomic E-state index is 11.1. The number of anilines is 1. The Kier molecular flexibility index (Phi) is 6.60. The van der Waals surface area contributed by atoms with Gasteiger partial charge in [-0.15, -0.1) is 0 Å². The Hall–Kier alpha value is -1.88. The van der Waals surface area contributed by atoms with Gasteiger partial charge in [0.25, 0.3) is 0 Å². The molecular weight excluding hydrogens is 244 g/mol. The number of methoxy groups -OCH3 is 1. The van der Waals surface area contributed by atoms with Crippen LogP contribution in [0.25, 0.3) is 0 Å². The standard InChI is InChI=1S/C14H20N2O3/c1-11(17)16-13-7-4-3-6-12(13)10-15-9-5-8-14(18)19-2/h3-4,6-7,15H,5,8-10H2,1-2H3,(H,16,17). The van der Waals surface area contributed by atoms with Crippen molar-refractivity contribution in [2.45, 2.75) is 26.3 Å². The van der Waals surface area contributed by atoms with Gasteiger partial charge in [0.15, 0.2) is 0 Å². The van der Waals surface area contributed by atoms with E-state index in [1.165, 1.54) is 14.0 Å². The fourth-order valence-electron chi connectivity index (χ4n) is 1.67. The fraction of sp³-hybridized carbons (Fsp3) is 0.429. The van der Waals surface area contributed by atoms with E-state index in [1.807, 2.05) is 24.3 Å². The lowest BCUT2D eigenvalue weighted by Gasteiger charge is -2.10. The van der Waals surface area contributed by atoms with Crippen LogP contribution in [0.1, 0.15) is 25.3 Å². The van der Waals surface area contributed by atoms with Gasteiger partial charge in [0, 0.05) is 25.6 Å². The number of hydrogen-bond donors (Lipinski definition) is 2. The van der Waals surface area contributed by atoms with Crippen LogP contribution in [0.15, 0.2) is 24.3 Å². The molecule has 1 aromatic carbocycles. The third-order valence-corrected chi connectivity index (χ3v) is 2.61. The highest BCUT2D eigenvalue weighted by Crippen LogP contribution is 2.14. The second-order valence-electron chi connectivity index (χ2n) is 4.19. The molecule has 1 amide bonds. The SMILES string of the molecule is COC(=O)CCCNCc1ccccc1NC(C)=O. The Morgan fingerprint density at radius 3 is 2.68 bits per heavy atom. The van der Waals surface area contributed by atoms with E-state index in [1.54, 1.807) is 0 Å². The van der Waals surface area contributed by atoms with E-state index in [0.717, 1.165) is 24.2 Å². The van der Waals surface area contributed by atoms with Crippen LogP contribution in [0.2, 0.25) is 0 Å². The van der Waals surface area contributed by atoms with E-state index in [9.17, 15) is 9.59 Å². The highest BCUT2D eigenvalue weighted by molar-refractivity contribution is 5.89. The fourth-order valence-corrected chi connectivity index (χ4v) is 1.67. The summed E-state index contributed by atoms with van der Waals surface area (Å²) in [5.74, 6) is -0.279. The molecule has 0 fully saturated rings. The first-order valence-corrected chi connectivity index (χ1v) is 6.26. The summed E-state index contributed by atoms with van der Waals surface area (Å²) >= 11 is 0. The van der Waals surface area contributed by atoms with Gasteiger partial charge >= 0.3 is 5.97 Å². The van der Waals surface area contributed by atoms with Crippen molar-refractivity contribution in [1.29, 1.82) is 0 Å². The second-order valence-corrected chi connectivity index (χ2v) is 4.19. The number of para-hydroxylation sites is 1. The molecule has 0 radical (unpaired) electrons. The molecule has 0 aliphatic heterocycles. The summed E-state index contributed by atoms with van der Waals surface area (Å²) in [6.45, 7) is 2.86. The number of benzene rings is 1. The molecule has 0 heterocycles. The Balaban J connectivity index is 2.36. The lowest BCUT2D eigenvalue weighted by atomic mass is 10.1. The third kappa shape index (κ3) is 6.01. The number of amides is 1. The first-order chi connectivity index (χ1) is 9.13. The van der Waals surface area contributed by atoms with E-state index in [-0.39, 0.29) is 11.9 Å². The topological polar surface area (TPSA) is 67.4 Å². The van der Waals surface area contributed by atoms with Crippen molar-refractivity contribution in [3.8, 4) is 0 Å². The molecular formula is C14H20N2O3. The average molecular weight is 264 g/mol. The van der Waals surface area contributed by atoms with Gasteiger partial charge in [-0.1, -0.05) is 18.2 Å². The lowest BCUT2D eigenvalue weighted by Crippen LogP contribution is -2.18. The zero-order valence-corrected chi connectivity index (χ0v) is 11.4. The van der Waals surface area contributed by atoms with Crippen molar-refractivity contribution in [2.75, 3.05) is 19.0 Å². The van der Waals surface area contributed by atoms with Crippen molar-refractivity contribution in [1.82, 2.24) is 5.32 Å². The minimum Gasteiger partial charge on any atom is -0.469 e. The van der Waals surface area contributed by atoms with Gasteiger partial charge in [-0.05, 0) is 24.6 Å². The summed E-state index contributed by atoms with van der Waals surface area (Å²) in [5, 5.41) is 6.02. The summed E-state index contributed by atoms with van der Waals surface area (Å²) in [4.78, 5) is 22.0. The smallest absolute Gasteiger partial charge is 0.305 e. The van der Waals surface area contributed by atoms with Gasteiger partial charge in [0.2, 0.25) is 5.91 Å². The van der Waals surface area contributed by atoms with E-state index < -0.39 is 0 Å². The van der Waals surface area contributed by atoms with Gasteiger partial charge in [-0.2, -0.15) is 0 Å². The molecule has 0 aliphatic rings. The van der Waals surface area contributed by atoms with E-state index >= 15 is 0 Å². The Bertz CT molecular complexity index is 432. The Morgan fingerprint density at radius 1 is 1.26 bits per heavy atom. The zero-order valence-electron chi connectivity index (χ0n) is 11.4. The number of esters is 1. The van der Waals surface area contributed by atoms with Gasteiger partial charge < -0.3 is 15.4 Å². The van der Waals surface area contributed by atoms with Crippen LogP contribution in [0.5, 0.6) is 0 Å². The summed E-state index contributed by atoms with van der Waals surface area (Å²) < 4.78 is 4.56. The largest absolute Gasteiger partial charge is 0.469 e. The summed E-state index contributed by atoms with van der Waals surface area (Å²) in [7, 11) is 1.39. The van der Waals surface area contributed by atoms with Crippen LogP contribution in [0, 0.1) is 0 Å². The predicted molar refractivity (Wildman–Crippen MR) is 73.7 cm³/mol. The van der Waals surface area contributed by atoms with E-state index in [0.29, 0.717) is 13.0 Å². The monoisotopic (exact) mass is 264 g/mol. The highest BCUT2D eigenvalue weighted by Gasteiger charge is 2.03. The first kappa shape index (κ1) is 15.2. The summed E-state index contributed by atoms with van der Waals surface area (Å²) in [6, 6.07) is 7.63. The van der Waals surface area contributed by atoms with Crippen molar-refractivity contribution in [3.63, 3.8) is 0 Å². The Morgan fingerprint density at radius 2 is 2.00 bits per heavy atom. The minimum atomic E-state index is -0.194. The van der Waals surface area contributed by atoms with Crippen LogP contribution in [0.4, 0.5) is 5.69 Å².